The van der Waals surface area contributed by atoms with E-state index < -0.39 is 11.6 Å². The second-order valence-electron chi connectivity index (χ2n) is 5.24. The molecule has 0 spiro atoms. The number of aryl methyl sites for hydroxylation is 2. The van der Waals surface area contributed by atoms with Crippen molar-refractivity contribution in [3.63, 3.8) is 0 Å². The Morgan fingerprint density at radius 2 is 1.70 bits per heavy atom. The molecule has 104 valence electrons. The first-order valence-electron chi connectivity index (χ1n) is 6.86. The highest BCUT2D eigenvalue weighted by Crippen LogP contribution is 2.35. The number of halogens is 3. The Kier molecular flexibility index (Phi) is 3.88. The van der Waals surface area contributed by atoms with Gasteiger partial charge < -0.3 is 0 Å². The molecule has 0 amide bonds. The van der Waals surface area contributed by atoms with E-state index in [0.717, 1.165) is 24.5 Å². The number of alkyl halides is 1. The van der Waals surface area contributed by atoms with Crippen LogP contribution in [-0.2, 0) is 12.8 Å². The molecule has 0 bridgehead atoms. The molecule has 1 atom stereocenters. The summed E-state index contributed by atoms with van der Waals surface area (Å²) in [6.07, 6.45) is 4.64. The van der Waals surface area contributed by atoms with Gasteiger partial charge in [0, 0.05) is 5.56 Å². The molecule has 1 aliphatic rings. The van der Waals surface area contributed by atoms with Crippen molar-refractivity contribution in [2.45, 2.75) is 30.5 Å². The van der Waals surface area contributed by atoms with Crippen LogP contribution in [0.4, 0.5) is 8.78 Å². The minimum atomic E-state index is -0.801. The van der Waals surface area contributed by atoms with Crippen LogP contribution in [0.1, 0.15) is 39.9 Å². The quantitative estimate of drug-likeness (QED) is 0.650. The van der Waals surface area contributed by atoms with E-state index in [1.165, 1.54) is 24.0 Å². The second-order valence-corrected chi connectivity index (χ2v) is 6.16. The molecular formula is C17H15BrF2. The summed E-state index contributed by atoms with van der Waals surface area (Å²) in [5.74, 6) is -1.57. The molecule has 1 aliphatic carbocycles. The lowest BCUT2D eigenvalue weighted by Crippen LogP contribution is -2.05. The molecule has 0 radical (unpaired) electrons. The van der Waals surface area contributed by atoms with Crippen LogP contribution in [0, 0.1) is 11.6 Å². The normalized spacial score (nSPS) is 15.8. The average molecular weight is 337 g/mol. The molecule has 0 aromatic heterocycles. The highest BCUT2D eigenvalue weighted by atomic mass is 79.9. The third-order valence-corrected chi connectivity index (χ3v) is 4.94. The van der Waals surface area contributed by atoms with Gasteiger partial charge in [-0.25, -0.2) is 8.78 Å². The van der Waals surface area contributed by atoms with Gasteiger partial charge in [0.15, 0.2) is 11.6 Å². The van der Waals surface area contributed by atoms with Gasteiger partial charge in [-0.1, -0.05) is 46.3 Å². The van der Waals surface area contributed by atoms with E-state index in [-0.39, 0.29) is 4.83 Å². The minimum Gasteiger partial charge on any atom is -0.204 e. The van der Waals surface area contributed by atoms with Crippen LogP contribution in [-0.4, -0.2) is 0 Å². The first kappa shape index (κ1) is 13.7. The maximum Gasteiger partial charge on any atom is 0.163 e. The number of rotatable bonds is 2. The summed E-state index contributed by atoms with van der Waals surface area (Å²) in [5.41, 5.74) is 4.06. The van der Waals surface area contributed by atoms with Crippen molar-refractivity contribution >= 4 is 15.9 Å². The van der Waals surface area contributed by atoms with Crippen LogP contribution in [0.2, 0.25) is 0 Å². The highest BCUT2D eigenvalue weighted by Gasteiger charge is 2.19. The predicted molar refractivity (Wildman–Crippen MR) is 80.2 cm³/mol. The number of hydrogen-bond donors (Lipinski definition) is 0. The minimum absolute atomic E-state index is 0.314. The Labute approximate surface area is 126 Å². The SMILES string of the molecule is Fc1cccc(C(Br)c2ccc3c(c2)CCCC3)c1F. The van der Waals surface area contributed by atoms with Gasteiger partial charge >= 0.3 is 0 Å². The van der Waals surface area contributed by atoms with E-state index in [1.54, 1.807) is 12.1 Å². The van der Waals surface area contributed by atoms with Gasteiger partial charge in [-0.2, -0.15) is 0 Å². The molecule has 0 fully saturated rings. The van der Waals surface area contributed by atoms with Crippen LogP contribution >= 0.6 is 15.9 Å². The van der Waals surface area contributed by atoms with Gasteiger partial charge in [-0.3, -0.25) is 0 Å². The molecular weight excluding hydrogens is 322 g/mol. The summed E-state index contributed by atoms with van der Waals surface area (Å²) in [6, 6.07) is 10.6. The fraction of sp³-hybridized carbons (Fsp3) is 0.294. The molecule has 2 aromatic carbocycles. The zero-order valence-electron chi connectivity index (χ0n) is 11.0. The molecule has 0 saturated carbocycles. The Morgan fingerprint density at radius 3 is 2.50 bits per heavy atom. The Bertz CT molecular complexity index is 637. The second kappa shape index (κ2) is 5.65. The van der Waals surface area contributed by atoms with Crippen LogP contribution in [0.3, 0.4) is 0 Å². The van der Waals surface area contributed by atoms with Crippen molar-refractivity contribution in [2.75, 3.05) is 0 Å². The Morgan fingerprint density at radius 1 is 0.950 bits per heavy atom. The molecule has 0 aliphatic heterocycles. The first-order valence-corrected chi connectivity index (χ1v) is 7.78. The molecule has 20 heavy (non-hydrogen) atoms. The smallest absolute Gasteiger partial charge is 0.163 e. The fourth-order valence-electron chi connectivity index (χ4n) is 2.81. The summed E-state index contributed by atoms with van der Waals surface area (Å²) < 4.78 is 27.2. The largest absolute Gasteiger partial charge is 0.204 e. The van der Waals surface area contributed by atoms with Crippen LogP contribution < -0.4 is 0 Å². The zero-order valence-corrected chi connectivity index (χ0v) is 12.6. The monoisotopic (exact) mass is 336 g/mol. The van der Waals surface area contributed by atoms with Gasteiger partial charge in [0.25, 0.3) is 0 Å². The summed E-state index contributed by atoms with van der Waals surface area (Å²) >= 11 is 3.50. The van der Waals surface area contributed by atoms with Crippen molar-refractivity contribution < 1.29 is 8.78 Å². The van der Waals surface area contributed by atoms with Crippen molar-refractivity contribution in [2.24, 2.45) is 0 Å². The van der Waals surface area contributed by atoms with E-state index >= 15 is 0 Å². The van der Waals surface area contributed by atoms with Crippen LogP contribution in [0.5, 0.6) is 0 Å². The van der Waals surface area contributed by atoms with E-state index in [2.05, 4.69) is 28.1 Å². The van der Waals surface area contributed by atoms with Gasteiger partial charge in [0.2, 0.25) is 0 Å². The van der Waals surface area contributed by atoms with Gasteiger partial charge in [-0.05, 0) is 48.4 Å². The average Bonchev–Trinajstić information content (AvgIpc) is 2.49. The molecule has 0 nitrogen and oxygen atoms in total. The van der Waals surface area contributed by atoms with E-state index in [4.69, 9.17) is 0 Å². The van der Waals surface area contributed by atoms with Crippen molar-refractivity contribution in [3.05, 3.63) is 70.3 Å². The maximum atomic E-state index is 13.9. The predicted octanol–water partition coefficient (Wildman–Crippen LogP) is 5.33. The highest BCUT2D eigenvalue weighted by molar-refractivity contribution is 9.09. The maximum absolute atomic E-state index is 13.9. The van der Waals surface area contributed by atoms with E-state index in [1.807, 2.05) is 6.07 Å². The lowest BCUT2D eigenvalue weighted by atomic mass is 9.89. The number of fused-ring (bicyclic) bond motifs is 1. The van der Waals surface area contributed by atoms with Crippen LogP contribution in [0.25, 0.3) is 0 Å². The Balaban J connectivity index is 1.98. The van der Waals surface area contributed by atoms with Crippen LogP contribution in [0.15, 0.2) is 36.4 Å². The van der Waals surface area contributed by atoms with Gasteiger partial charge in [0.05, 0.1) is 4.83 Å². The molecule has 0 N–H and O–H groups in total. The van der Waals surface area contributed by atoms with E-state index in [9.17, 15) is 8.78 Å². The summed E-state index contributed by atoms with van der Waals surface area (Å²) in [4.78, 5) is -0.314. The van der Waals surface area contributed by atoms with Gasteiger partial charge in [0.1, 0.15) is 0 Å². The summed E-state index contributed by atoms with van der Waals surface area (Å²) in [5, 5.41) is 0. The number of hydrogen-bond acceptors (Lipinski definition) is 0. The molecule has 3 heteroatoms. The van der Waals surface area contributed by atoms with Crippen molar-refractivity contribution in [1.82, 2.24) is 0 Å². The molecule has 3 rings (SSSR count). The molecule has 0 heterocycles. The van der Waals surface area contributed by atoms with E-state index in [0.29, 0.717) is 5.56 Å². The standard InChI is InChI=1S/C17H15BrF2/c18-16(14-6-3-7-15(19)17(14)20)13-9-8-11-4-1-2-5-12(11)10-13/h3,6-10,16H,1-2,4-5H2. The van der Waals surface area contributed by atoms with Gasteiger partial charge in [-0.15, -0.1) is 0 Å². The summed E-state index contributed by atoms with van der Waals surface area (Å²) in [7, 11) is 0. The zero-order chi connectivity index (χ0) is 14.1. The first-order chi connectivity index (χ1) is 9.66. The van der Waals surface area contributed by atoms with Crippen molar-refractivity contribution in [3.8, 4) is 0 Å². The third kappa shape index (κ3) is 2.51. The lowest BCUT2D eigenvalue weighted by molar-refractivity contribution is 0.500. The Hall–Kier alpha value is -1.22. The number of benzene rings is 2. The molecule has 2 aromatic rings. The van der Waals surface area contributed by atoms with Crippen molar-refractivity contribution in [1.29, 1.82) is 0 Å². The summed E-state index contributed by atoms with van der Waals surface area (Å²) in [6.45, 7) is 0. The lowest BCUT2D eigenvalue weighted by Gasteiger charge is -2.19. The molecule has 1 unspecified atom stereocenters. The topological polar surface area (TPSA) is 0 Å². The fourth-order valence-corrected chi connectivity index (χ4v) is 3.45. The third-order valence-electron chi connectivity index (χ3n) is 3.92. The molecule has 0 saturated heterocycles.